The van der Waals surface area contributed by atoms with Gasteiger partial charge in [-0.05, 0) is 53.6 Å². The van der Waals surface area contributed by atoms with Gasteiger partial charge in [-0.3, -0.25) is 9.10 Å². The van der Waals surface area contributed by atoms with Crippen molar-refractivity contribution in [2.45, 2.75) is 30.2 Å². The highest BCUT2D eigenvalue weighted by Gasteiger charge is 2.37. The fourth-order valence-corrected chi connectivity index (χ4v) is 5.60. The number of quaternary nitrogens is 1. The van der Waals surface area contributed by atoms with E-state index < -0.39 is 27.9 Å². The monoisotopic (exact) mass is 519 g/mol. The van der Waals surface area contributed by atoms with Crippen molar-refractivity contribution in [3.8, 4) is 0 Å². The standard InChI is InChI=1S/C19H20FIN2O4S/c1-23-16-7-3-2-6-12(16)19(22-9-5-4-8-18(24)25)13-10-14(20)15(21)11-17(13)28(23,26)27/h2-3,6-7,10-11,19,22H,4-5,8-9H2,1H3,(H,24,25)/p+1. The number of sulfonamides is 1. The van der Waals surface area contributed by atoms with Crippen LogP contribution in [0.15, 0.2) is 41.3 Å². The SMILES string of the molecule is CN1c2ccccc2C([NH2+]CCCCC(=O)O)c2cc(F)c(I)cc2S1(=O)=O. The third kappa shape index (κ3) is 4.01. The Balaban J connectivity index is 2.06. The minimum Gasteiger partial charge on any atom is -0.481 e. The van der Waals surface area contributed by atoms with Crippen LogP contribution in [0.4, 0.5) is 10.1 Å². The summed E-state index contributed by atoms with van der Waals surface area (Å²) < 4.78 is 42.2. The third-order valence-electron chi connectivity index (χ3n) is 4.88. The van der Waals surface area contributed by atoms with Crippen molar-refractivity contribution in [2.75, 3.05) is 17.9 Å². The first-order valence-corrected chi connectivity index (χ1v) is 11.4. The van der Waals surface area contributed by atoms with Gasteiger partial charge in [0, 0.05) is 24.6 Å². The predicted octanol–water partition coefficient (Wildman–Crippen LogP) is 2.48. The molecule has 0 aliphatic carbocycles. The number of rotatable bonds is 6. The topological polar surface area (TPSA) is 91.3 Å². The molecule has 3 rings (SSSR count). The van der Waals surface area contributed by atoms with Crippen molar-refractivity contribution in [2.24, 2.45) is 0 Å². The second kappa shape index (κ2) is 8.34. The van der Waals surface area contributed by atoms with Crippen LogP contribution in [0.1, 0.15) is 36.4 Å². The molecular formula is C19H21FIN2O4S+. The van der Waals surface area contributed by atoms with Gasteiger partial charge >= 0.3 is 5.97 Å². The molecule has 0 saturated heterocycles. The first-order chi connectivity index (χ1) is 13.2. The molecule has 28 heavy (non-hydrogen) atoms. The molecule has 2 aromatic rings. The number of halogens is 2. The molecule has 0 amide bonds. The zero-order valence-corrected chi connectivity index (χ0v) is 18.2. The van der Waals surface area contributed by atoms with E-state index in [0.717, 1.165) is 5.56 Å². The van der Waals surface area contributed by atoms with Gasteiger partial charge < -0.3 is 10.4 Å². The molecule has 1 unspecified atom stereocenters. The zero-order valence-electron chi connectivity index (χ0n) is 15.2. The lowest BCUT2D eigenvalue weighted by Gasteiger charge is -2.20. The van der Waals surface area contributed by atoms with Gasteiger partial charge in [-0.2, -0.15) is 0 Å². The summed E-state index contributed by atoms with van der Waals surface area (Å²) in [6.07, 6.45) is 1.29. The van der Waals surface area contributed by atoms with Crippen molar-refractivity contribution < 1.29 is 28.0 Å². The lowest BCUT2D eigenvalue weighted by Crippen LogP contribution is -2.85. The van der Waals surface area contributed by atoms with Crippen LogP contribution < -0.4 is 9.62 Å². The fourth-order valence-electron chi connectivity index (χ4n) is 3.45. The Morgan fingerprint density at radius 2 is 1.96 bits per heavy atom. The highest BCUT2D eigenvalue weighted by atomic mass is 127. The van der Waals surface area contributed by atoms with Crippen LogP contribution in [0.3, 0.4) is 0 Å². The molecule has 9 heteroatoms. The van der Waals surface area contributed by atoms with Gasteiger partial charge in [0.25, 0.3) is 10.0 Å². The summed E-state index contributed by atoms with van der Waals surface area (Å²) in [6, 6.07) is 9.49. The molecule has 0 fully saturated rings. The van der Waals surface area contributed by atoms with Crippen LogP contribution in [-0.2, 0) is 14.8 Å². The minimum atomic E-state index is -3.83. The molecule has 1 atom stereocenters. The normalized spacial score (nSPS) is 17.5. The van der Waals surface area contributed by atoms with Crippen molar-refractivity contribution in [3.05, 3.63) is 56.9 Å². The van der Waals surface area contributed by atoms with Crippen LogP contribution in [0.5, 0.6) is 0 Å². The van der Waals surface area contributed by atoms with Crippen molar-refractivity contribution in [1.29, 1.82) is 0 Å². The van der Waals surface area contributed by atoms with Crippen LogP contribution >= 0.6 is 22.6 Å². The number of hydrogen-bond acceptors (Lipinski definition) is 3. The molecule has 6 nitrogen and oxygen atoms in total. The molecule has 3 N–H and O–H groups in total. The molecule has 1 aliphatic heterocycles. The van der Waals surface area contributed by atoms with E-state index in [2.05, 4.69) is 0 Å². The molecule has 0 bridgehead atoms. The average Bonchev–Trinajstić information content (AvgIpc) is 2.71. The van der Waals surface area contributed by atoms with E-state index in [4.69, 9.17) is 5.11 Å². The van der Waals surface area contributed by atoms with Gasteiger partial charge in [-0.25, -0.2) is 12.8 Å². The molecular weight excluding hydrogens is 498 g/mol. The zero-order chi connectivity index (χ0) is 20.5. The number of carboxylic acid groups (broad SMARTS) is 1. The third-order valence-corrected chi connectivity index (χ3v) is 7.54. The van der Waals surface area contributed by atoms with Gasteiger partial charge in [-0.1, -0.05) is 18.2 Å². The summed E-state index contributed by atoms with van der Waals surface area (Å²) >= 11 is 1.80. The summed E-state index contributed by atoms with van der Waals surface area (Å²) in [7, 11) is -2.32. The van der Waals surface area contributed by atoms with Crippen molar-refractivity contribution in [3.63, 3.8) is 0 Å². The van der Waals surface area contributed by atoms with E-state index >= 15 is 0 Å². The Morgan fingerprint density at radius 1 is 1.25 bits per heavy atom. The number of nitrogens with two attached hydrogens (primary N) is 1. The number of hydrogen-bond donors (Lipinski definition) is 2. The van der Waals surface area contributed by atoms with Crippen molar-refractivity contribution in [1.82, 2.24) is 0 Å². The van der Waals surface area contributed by atoms with E-state index in [0.29, 0.717) is 30.6 Å². The molecule has 0 saturated carbocycles. The molecule has 0 spiro atoms. The number of nitrogens with zero attached hydrogens (tertiary/aromatic N) is 1. The number of unbranched alkanes of at least 4 members (excludes halogenated alkanes) is 1. The maximum Gasteiger partial charge on any atom is 0.303 e. The number of benzene rings is 2. The van der Waals surface area contributed by atoms with Gasteiger partial charge in [0.1, 0.15) is 11.9 Å². The second-order valence-corrected chi connectivity index (χ2v) is 9.79. The van der Waals surface area contributed by atoms with E-state index in [1.165, 1.54) is 23.5 Å². The molecule has 150 valence electrons. The molecule has 0 radical (unpaired) electrons. The van der Waals surface area contributed by atoms with E-state index in [1.54, 1.807) is 34.7 Å². The number of fused-ring (bicyclic) bond motifs is 2. The summed E-state index contributed by atoms with van der Waals surface area (Å²) in [6.45, 7) is 0.600. The lowest BCUT2D eigenvalue weighted by molar-refractivity contribution is -0.687. The summed E-state index contributed by atoms with van der Waals surface area (Å²) in [4.78, 5) is 10.8. The Bertz CT molecular complexity index is 1010. The molecule has 1 aliphatic rings. The highest BCUT2D eigenvalue weighted by Crippen LogP contribution is 2.39. The highest BCUT2D eigenvalue weighted by molar-refractivity contribution is 14.1. The van der Waals surface area contributed by atoms with Crippen LogP contribution in [0.2, 0.25) is 0 Å². The quantitative estimate of drug-likeness (QED) is 0.454. The van der Waals surface area contributed by atoms with Crippen molar-refractivity contribution >= 4 is 44.3 Å². The first-order valence-electron chi connectivity index (χ1n) is 8.85. The maximum absolute atomic E-state index is 14.4. The number of anilines is 1. The average molecular weight is 519 g/mol. The fraction of sp³-hybridized carbons (Fsp3) is 0.316. The summed E-state index contributed by atoms with van der Waals surface area (Å²) in [5.41, 5.74) is 1.75. The smallest absolute Gasteiger partial charge is 0.303 e. The van der Waals surface area contributed by atoms with Gasteiger partial charge in [0.15, 0.2) is 0 Å². The number of carbonyl (C=O) groups is 1. The van der Waals surface area contributed by atoms with Gasteiger partial charge in [-0.15, -0.1) is 0 Å². The second-order valence-electron chi connectivity index (χ2n) is 6.69. The molecule has 2 aromatic carbocycles. The Labute approximate surface area is 176 Å². The minimum absolute atomic E-state index is 0.0929. The number of para-hydroxylation sites is 1. The summed E-state index contributed by atoms with van der Waals surface area (Å²) in [5, 5.41) is 10.7. The first kappa shape index (κ1) is 21.0. The van der Waals surface area contributed by atoms with Crippen LogP contribution in [0.25, 0.3) is 0 Å². The lowest BCUT2D eigenvalue weighted by atomic mass is 9.96. The van der Waals surface area contributed by atoms with E-state index in [9.17, 15) is 17.6 Å². The summed E-state index contributed by atoms with van der Waals surface area (Å²) in [5.74, 6) is -1.30. The Hall–Kier alpha value is -1.72. The maximum atomic E-state index is 14.4. The largest absolute Gasteiger partial charge is 0.481 e. The van der Waals surface area contributed by atoms with Gasteiger partial charge in [0.2, 0.25) is 0 Å². The molecule has 1 heterocycles. The number of aliphatic carboxylic acids is 1. The van der Waals surface area contributed by atoms with E-state index in [1.807, 2.05) is 17.4 Å². The van der Waals surface area contributed by atoms with Crippen LogP contribution in [0, 0.1) is 9.39 Å². The van der Waals surface area contributed by atoms with E-state index in [-0.39, 0.29) is 14.9 Å². The Kier molecular flexibility index (Phi) is 6.25. The predicted molar refractivity (Wildman–Crippen MR) is 111 cm³/mol. The molecule has 0 aromatic heterocycles. The van der Waals surface area contributed by atoms with Gasteiger partial charge in [0.05, 0.1) is 20.7 Å². The van der Waals surface area contributed by atoms with Crippen LogP contribution in [-0.4, -0.2) is 33.1 Å². The Morgan fingerprint density at radius 3 is 2.68 bits per heavy atom. The number of carboxylic acids is 1.